The van der Waals surface area contributed by atoms with Crippen molar-refractivity contribution in [2.24, 2.45) is 0 Å². The van der Waals surface area contributed by atoms with Crippen LogP contribution in [0.2, 0.25) is 0 Å². The second kappa shape index (κ2) is 8.79. The first-order chi connectivity index (χ1) is 15.8. The number of para-hydroxylation sites is 2. The minimum absolute atomic E-state index is 0.0559. The predicted molar refractivity (Wildman–Crippen MR) is 132 cm³/mol. The summed E-state index contributed by atoms with van der Waals surface area (Å²) in [6, 6.07) is 21.8. The van der Waals surface area contributed by atoms with Gasteiger partial charge in [0, 0.05) is 23.5 Å². The van der Waals surface area contributed by atoms with E-state index < -0.39 is 0 Å². The standard InChI is InChI=1S/C28H27NO4/c1-17-11-14-24(30)28(20(17)4)33-27-8-6-5-7-23(27)29(21-12-9-18(2)25(31)15-21)22-13-10-19(3)26(32)16-22/h5-16,30-32H,1-4H3. The van der Waals surface area contributed by atoms with E-state index in [9.17, 15) is 15.3 Å². The number of nitrogens with zero attached hydrogens (tertiary/aromatic N) is 1. The minimum atomic E-state index is 0.0559. The van der Waals surface area contributed by atoms with Gasteiger partial charge in [-0.25, -0.2) is 0 Å². The van der Waals surface area contributed by atoms with Crippen molar-refractivity contribution in [3.05, 3.63) is 95.1 Å². The molecule has 0 radical (unpaired) electrons. The number of aromatic hydroxyl groups is 3. The van der Waals surface area contributed by atoms with Crippen LogP contribution in [0.4, 0.5) is 17.1 Å². The highest BCUT2D eigenvalue weighted by atomic mass is 16.5. The van der Waals surface area contributed by atoms with Crippen molar-refractivity contribution in [2.75, 3.05) is 4.90 Å². The molecule has 0 heterocycles. The Balaban J connectivity index is 1.91. The number of rotatable bonds is 5. The van der Waals surface area contributed by atoms with Gasteiger partial charge in [-0.05, 0) is 80.3 Å². The second-order valence-corrected chi connectivity index (χ2v) is 8.20. The van der Waals surface area contributed by atoms with Crippen LogP contribution in [0.3, 0.4) is 0 Å². The van der Waals surface area contributed by atoms with E-state index in [1.165, 1.54) is 0 Å². The van der Waals surface area contributed by atoms with Crippen LogP contribution >= 0.6 is 0 Å². The summed E-state index contributed by atoms with van der Waals surface area (Å²) in [7, 11) is 0. The molecule has 0 spiro atoms. The van der Waals surface area contributed by atoms with Gasteiger partial charge in [-0.2, -0.15) is 0 Å². The summed E-state index contributed by atoms with van der Waals surface area (Å²) < 4.78 is 6.27. The number of benzene rings is 4. The third-order valence-corrected chi connectivity index (χ3v) is 5.88. The number of hydrogen-bond acceptors (Lipinski definition) is 5. The molecule has 168 valence electrons. The fourth-order valence-corrected chi connectivity index (χ4v) is 3.64. The molecule has 0 aliphatic heterocycles. The van der Waals surface area contributed by atoms with Crippen LogP contribution in [0.5, 0.6) is 28.7 Å². The Morgan fingerprint density at radius 3 is 1.73 bits per heavy atom. The summed E-state index contributed by atoms with van der Waals surface area (Å²) >= 11 is 0. The highest BCUT2D eigenvalue weighted by molar-refractivity contribution is 5.82. The van der Waals surface area contributed by atoms with Gasteiger partial charge in [-0.1, -0.05) is 30.3 Å². The van der Waals surface area contributed by atoms with Crippen molar-refractivity contribution in [1.82, 2.24) is 0 Å². The zero-order valence-electron chi connectivity index (χ0n) is 19.1. The molecule has 0 aliphatic carbocycles. The van der Waals surface area contributed by atoms with Gasteiger partial charge < -0.3 is 25.0 Å². The molecule has 0 aliphatic rings. The molecule has 5 heteroatoms. The SMILES string of the molecule is Cc1ccc(N(c2ccc(C)c(O)c2)c2ccccc2Oc2c(O)ccc(C)c2C)cc1O. The smallest absolute Gasteiger partial charge is 0.172 e. The molecule has 4 rings (SSSR count). The van der Waals surface area contributed by atoms with E-state index in [1.807, 2.05) is 87.2 Å². The Morgan fingerprint density at radius 2 is 1.15 bits per heavy atom. The Kier molecular flexibility index (Phi) is 5.88. The summed E-state index contributed by atoms with van der Waals surface area (Å²) in [5.74, 6) is 1.29. The van der Waals surface area contributed by atoms with Crippen molar-refractivity contribution in [1.29, 1.82) is 0 Å². The highest BCUT2D eigenvalue weighted by Crippen LogP contribution is 2.45. The molecule has 0 bridgehead atoms. The molecule has 5 nitrogen and oxygen atoms in total. The van der Waals surface area contributed by atoms with Crippen LogP contribution in [0.25, 0.3) is 0 Å². The number of aryl methyl sites for hydroxylation is 3. The average Bonchev–Trinajstić information content (AvgIpc) is 2.80. The van der Waals surface area contributed by atoms with Crippen LogP contribution in [0.15, 0.2) is 72.8 Å². The molecule has 0 unspecified atom stereocenters. The summed E-state index contributed by atoms with van der Waals surface area (Å²) in [4.78, 5) is 1.90. The fraction of sp³-hybridized carbons (Fsp3) is 0.143. The van der Waals surface area contributed by atoms with E-state index in [2.05, 4.69) is 0 Å². The predicted octanol–water partition coefficient (Wildman–Crippen LogP) is 7.30. The number of hydrogen-bond donors (Lipinski definition) is 3. The van der Waals surface area contributed by atoms with E-state index in [0.29, 0.717) is 28.6 Å². The topological polar surface area (TPSA) is 73.2 Å². The van der Waals surface area contributed by atoms with E-state index in [1.54, 1.807) is 18.2 Å². The fourth-order valence-electron chi connectivity index (χ4n) is 3.64. The Morgan fingerprint density at radius 1 is 0.606 bits per heavy atom. The van der Waals surface area contributed by atoms with E-state index in [4.69, 9.17) is 4.74 Å². The number of anilines is 3. The summed E-state index contributed by atoms with van der Waals surface area (Å²) in [5.41, 5.74) is 5.45. The normalized spacial score (nSPS) is 10.8. The van der Waals surface area contributed by atoms with Gasteiger partial charge in [0.1, 0.15) is 11.5 Å². The molecule has 0 atom stereocenters. The monoisotopic (exact) mass is 441 g/mol. The maximum absolute atomic E-state index is 10.5. The van der Waals surface area contributed by atoms with Crippen molar-refractivity contribution in [3.63, 3.8) is 0 Å². The molecule has 0 saturated carbocycles. The lowest BCUT2D eigenvalue weighted by Gasteiger charge is -2.28. The molecular weight excluding hydrogens is 414 g/mol. The zero-order valence-corrected chi connectivity index (χ0v) is 19.1. The second-order valence-electron chi connectivity index (χ2n) is 8.20. The number of phenols is 3. The molecule has 0 saturated heterocycles. The quantitative estimate of drug-likeness (QED) is 0.303. The molecule has 0 aromatic heterocycles. The maximum Gasteiger partial charge on any atom is 0.172 e. The first kappa shape index (κ1) is 22.1. The largest absolute Gasteiger partial charge is 0.508 e. The third-order valence-electron chi connectivity index (χ3n) is 5.88. The molecule has 4 aromatic rings. The molecule has 0 fully saturated rings. The molecule has 33 heavy (non-hydrogen) atoms. The molecule has 4 aromatic carbocycles. The van der Waals surface area contributed by atoms with Crippen molar-refractivity contribution >= 4 is 17.1 Å². The van der Waals surface area contributed by atoms with E-state index in [-0.39, 0.29) is 17.2 Å². The first-order valence-electron chi connectivity index (χ1n) is 10.7. The number of ether oxygens (including phenoxy) is 1. The minimum Gasteiger partial charge on any atom is -0.508 e. The summed E-state index contributed by atoms with van der Waals surface area (Å²) in [5, 5.41) is 31.3. The van der Waals surface area contributed by atoms with Crippen LogP contribution < -0.4 is 9.64 Å². The van der Waals surface area contributed by atoms with E-state index in [0.717, 1.165) is 22.3 Å². The van der Waals surface area contributed by atoms with Crippen LogP contribution in [-0.2, 0) is 0 Å². The molecular formula is C28H27NO4. The Bertz CT molecular complexity index is 1280. The van der Waals surface area contributed by atoms with Gasteiger partial charge in [-0.3, -0.25) is 0 Å². The lowest BCUT2D eigenvalue weighted by molar-refractivity contribution is 0.409. The zero-order chi connectivity index (χ0) is 23.7. The van der Waals surface area contributed by atoms with Gasteiger partial charge in [0.25, 0.3) is 0 Å². The average molecular weight is 442 g/mol. The highest BCUT2D eigenvalue weighted by Gasteiger charge is 2.20. The number of phenolic OH excluding ortho intramolecular Hbond substituents is 3. The molecule has 0 amide bonds. The van der Waals surface area contributed by atoms with Crippen molar-refractivity contribution in [3.8, 4) is 28.7 Å². The van der Waals surface area contributed by atoms with Gasteiger partial charge in [0.2, 0.25) is 0 Å². The first-order valence-corrected chi connectivity index (χ1v) is 10.7. The maximum atomic E-state index is 10.5. The lowest BCUT2D eigenvalue weighted by atomic mass is 10.1. The Hall–Kier alpha value is -4.12. The van der Waals surface area contributed by atoms with Crippen LogP contribution in [0, 0.1) is 27.7 Å². The van der Waals surface area contributed by atoms with Gasteiger partial charge >= 0.3 is 0 Å². The van der Waals surface area contributed by atoms with Gasteiger partial charge in [0.15, 0.2) is 17.2 Å². The van der Waals surface area contributed by atoms with Gasteiger partial charge in [0.05, 0.1) is 5.69 Å². The van der Waals surface area contributed by atoms with Crippen LogP contribution in [-0.4, -0.2) is 15.3 Å². The van der Waals surface area contributed by atoms with Gasteiger partial charge in [-0.15, -0.1) is 0 Å². The van der Waals surface area contributed by atoms with Crippen molar-refractivity contribution in [2.45, 2.75) is 27.7 Å². The Labute approximate surface area is 193 Å². The van der Waals surface area contributed by atoms with Crippen molar-refractivity contribution < 1.29 is 20.1 Å². The summed E-state index contributed by atoms with van der Waals surface area (Å²) in [6.07, 6.45) is 0. The lowest BCUT2D eigenvalue weighted by Crippen LogP contribution is -2.11. The third kappa shape index (κ3) is 4.30. The van der Waals surface area contributed by atoms with E-state index >= 15 is 0 Å². The molecule has 3 N–H and O–H groups in total. The summed E-state index contributed by atoms with van der Waals surface area (Å²) in [6.45, 7) is 7.54. The van der Waals surface area contributed by atoms with Crippen LogP contribution in [0.1, 0.15) is 22.3 Å².